The molecule has 0 saturated carbocycles. The molecule has 1 fully saturated rings. The Bertz CT molecular complexity index is 888. The maximum absolute atomic E-state index is 13.0. The second-order valence-electron chi connectivity index (χ2n) is 6.10. The summed E-state index contributed by atoms with van der Waals surface area (Å²) in [5.74, 6) is -0.220. The summed E-state index contributed by atoms with van der Waals surface area (Å²) in [7, 11) is -3.64. The lowest BCUT2D eigenvalue weighted by molar-refractivity contribution is 0.0729. The maximum atomic E-state index is 13.0. The van der Waals surface area contributed by atoms with Crippen molar-refractivity contribution in [1.29, 1.82) is 0 Å². The van der Waals surface area contributed by atoms with Crippen LogP contribution in [0.1, 0.15) is 15.2 Å². The highest BCUT2D eigenvalue weighted by atomic mass is 32.2. The molecule has 3 rings (SSSR count). The number of carbonyl (C=O) groups excluding carboxylic acids is 1. The SMILES string of the molecule is C=CCN(Cc1cccs1)C(=O)c1cccc(S(=O)(=O)N2CCOCC2)c1. The minimum absolute atomic E-state index is 0.130. The first-order valence-corrected chi connectivity index (χ1v) is 10.9. The fourth-order valence-electron chi connectivity index (χ4n) is 2.87. The number of ether oxygens (including phenoxy) is 1. The van der Waals surface area contributed by atoms with Crippen LogP contribution in [-0.2, 0) is 21.3 Å². The van der Waals surface area contributed by atoms with E-state index in [-0.39, 0.29) is 10.8 Å². The molecule has 144 valence electrons. The predicted molar refractivity (Wildman–Crippen MR) is 105 cm³/mol. The number of hydrogen-bond donors (Lipinski definition) is 0. The van der Waals surface area contributed by atoms with E-state index in [1.54, 1.807) is 34.4 Å². The van der Waals surface area contributed by atoms with Crippen LogP contribution in [0, 0.1) is 0 Å². The molecule has 27 heavy (non-hydrogen) atoms. The third kappa shape index (κ3) is 4.65. The Morgan fingerprint density at radius 1 is 1.26 bits per heavy atom. The van der Waals surface area contributed by atoms with E-state index < -0.39 is 10.0 Å². The molecule has 1 amide bonds. The molecule has 0 atom stereocenters. The van der Waals surface area contributed by atoms with Crippen molar-refractivity contribution in [3.05, 3.63) is 64.9 Å². The van der Waals surface area contributed by atoms with Gasteiger partial charge in [-0.25, -0.2) is 8.42 Å². The monoisotopic (exact) mass is 406 g/mol. The Labute approximate surface area is 163 Å². The summed E-state index contributed by atoms with van der Waals surface area (Å²) in [4.78, 5) is 15.8. The highest BCUT2D eigenvalue weighted by Gasteiger charge is 2.27. The van der Waals surface area contributed by atoms with E-state index in [0.29, 0.717) is 45.0 Å². The van der Waals surface area contributed by atoms with Crippen molar-refractivity contribution in [1.82, 2.24) is 9.21 Å². The molecule has 1 aromatic carbocycles. The minimum Gasteiger partial charge on any atom is -0.379 e. The van der Waals surface area contributed by atoms with E-state index in [9.17, 15) is 13.2 Å². The van der Waals surface area contributed by atoms with Gasteiger partial charge in [0.2, 0.25) is 10.0 Å². The number of benzene rings is 1. The van der Waals surface area contributed by atoms with Gasteiger partial charge in [0.1, 0.15) is 0 Å². The van der Waals surface area contributed by atoms with Gasteiger partial charge in [0, 0.05) is 30.1 Å². The second kappa shape index (κ2) is 8.79. The molecule has 1 aliphatic rings. The van der Waals surface area contributed by atoms with Crippen molar-refractivity contribution in [2.45, 2.75) is 11.4 Å². The number of nitrogens with zero attached hydrogens (tertiary/aromatic N) is 2. The summed E-state index contributed by atoms with van der Waals surface area (Å²) in [5, 5.41) is 1.96. The van der Waals surface area contributed by atoms with Gasteiger partial charge < -0.3 is 9.64 Å². The molecule has 0 radical (unpaired) electrons. The van der Waals surface area contributed by atoms with Crippen LogP contribution in [0.5, 0.6) is 0 Å². The van der Waals surface area contributed by atoms with Gasteiger partial charge >= 0.3 is 0 Å². The van der Waals surface area contributed by atoms with Crippen molar-refractivity contribution in [2.75, 3.05) is 32.8 Å². The summed E-state index contributed by atoms with van der Waals surface area (Å²) >= 11 is 1.57. The van der Waals surface area contributed by atoms with Crippen LogP contribution in [0.25, 0.3) is 0 Å². The number of amides is 1. The average molecular weight is 407 g/mol. The van der Waals surface area contributed by atoms with Crippen LogP contribution < -0.4 is 0 Å². The molecule has 0 bridgehead atoms. The predicted octanol–water partition coefficient (Wildman–Crippen LogP) is 2.60. The Kier molecular flexibility index (Phi) is 6.43. The number of sulfonamides is 1. The molecule has 1 aliphatic heterocycles. The van der Waals surface area contributed by atoms with E-state index in [1.165, 1.54) is 16.4 Å². The summed E-state index contributed by atoms with van der Waals surface area (Å²) < 4.78 is 32.3. The van der Waals surface area contributed by atoms with Gasteiger partial charge in [-0.2, -0.15) is 4.31 Å². The zero-order chi connectivity index (χ0) is 19.3. The van der Waals surface area contributed by atoms with Gasteiger partial charge in [-0.3, -0.25) is 4.79 Å². The molecule has 1 saturated heterocycles. The number of hydrogen-bond acceptors (Lipinski definition) is 5. The third-order valence-corrected chi connectivity index (χ3v) is 7.01. The van der Waals surface area contributed by atoms with E-state index in [1.807, 2.05) is 17.5 Å². The molecule has 0 spiro atoms. The highest BCUT2D eigenvalue weighted by molar-refractivity contribution is 7.89. The van der Waals surface area contributed by atoms with Crippen molar-refractivity contribution in [2.24, 2.45) is 0 Å². The van der Waals surface area contributed by atoms with Crippen LogP contribution in [0.4, 0.5) is 0 Å². The van der Waals surface area contributed by atoms with Gasteiger partial charge in [-0.05, 0) is 29.6 Å². The topological polar surface area (TPSA) is 66.9 Å². The minimum atomic E-state index is -3.64. The number of rotatable bonds is 7. The van der Waals surface area contributed by atoms with Crippen molar-refractivity contribution in [3.8, 4) is 0 Å². The highest BCUT2D eigenvalue weighted by Crippen LogP contribution is 2.20. The average Bonchev–Trinajstić information content (AvgIpc) is 3.21. The van der Waals surface area contributed by atoms with E-state index in [0.717, 1.165) is 4.88 Å². The lowest BCUT2D eigenvalue weighted by Gasteiger charge is -2.26. The largest absolute Gasteiger partial charge is 0.379 e. The van der Waals surface area contributed by atoms with Gasteiger partial charge in [-0.1, -0.05) is 18.2 Å². The van der Waals surface area contributed by atoms with Crippen LogP contribution in [0.15, 0.2) is 59.3 Å². The number of carbonyl (C=O) groups is 1. The molecule has 0 N–H and O–H groups in total. The van der Waals surface area contributed by atoms with Gasteiger partial charge in [0.05, 0.1) is 24.7 Å². The number of morpholine rings is 1. The van der Waals surface area contributed by atoms with Gasteiger partial charge in [0.15, 0.2) is 0 Å². The van der Waals surface area contributed by atoms with E-state index in [2.05, 4.69) is 6.58 Å². The van der Waals surface area contributed by atoms with Crippen molar-refractivity contribution < 1.29 is 17.9 Å². The first-order chi connectivity index (χ1) is 13.0. The lowest BCUT2D eigenvalue weighted by atomic mass is 10.2. The zero-order valence-electron chi connectivity index (χ0n) is 14.9. The molecule has 0 aliphatic carbocycles. The summed E-state index contributed by atoms with van der Waals surface area (Å²) in [6.45, 7) is 5.97. The zero-order valence-corrected chi connectivity index (χ0v) is 16.5. The van der Waals surface area contributed by atoms with E-state index >= 15 is 0 Å². The standard InChI is InChI=1S/C19H22N2O4S2/c1-2-8-20(15-17-6-4-13-26-17)19(22)16-5-3-7-18(14-16)27(23,24)21-9-11-25-12-10-21/h2-7,13-14H,1,8-12,15H2. The number of thiophene rings is 1. The molecule has 2 aromatic rings. The van der Waals surface area contributed by atoms with Gasteiger partial charge in [0.25, 0.3) is 5.91 Å². The normalized spacial score (nSPS) is 15.4. The molecular formula is C19H22N2O4S2. The fourth-order valence-corrected chi connectivity index (χ4v) is 5.05. The van der Waals surface area contributed by atoms with Gasteiger partial charge in [-0.15, -0.1) is 17.9 Å². The maximum Gasteiger partial charge on any atom is 0.254 e. The molecular weight excluding hydrogens is 384 g/mol. The van der Waals surface area contributed by atoms with Crippen molar-refractivity contribution >= 4 is 27.3 Å². The Morgan fingerprint density at radius 2 is 2.04 bits per heavy atom. The first kappa shape index (κ1) is 19.8. The third-order valence-electron chi connectivity index (χ3n) is 4.25. The molecule has 6 nitrogen and oxygen atoms in total. The van der Waals surface area contributed by atoms with Crippen LogP contribution in [0.2, 0.25) is 0 Å². The Balaban J connectivity index is 1.84. The smallest absolute Gasteiger partial charge is 0.254 e. The quantitative estimate of drug-likeness (QED) is 0.663. The Hall–Kier alpha value is -2.00. The lowest BCUT2D eigenvalue weighted by Crippen LogP contribution is -2.40. The summed E-state index contributed by atoms with van der Waals surface area (Å²) in [6, 6.07) is 10.1. The van der Waals surface area contributed by atoms with E-state index in [4.69, 9.17) is 4.74 Å². The molecule has 1 aromatic heterocycles. The van der Waals surface area contributed by atoms with Crippen LogP contribution >= 0.6 is 11.3 Å². The summed E-state index contributed by atoms with van der Waals surface area (Å²) in [6.07, 6.45) is 1.67. The van der Waals surface area contributed by atoms with Crippen LogP contribution in [-0.4, -0.2) is 56.4 Å². The molecule has 2 heterocycles. The Morgan fingerprint density at radius 3 is 2.70 bits per heavy atom. The fraction of sp³-hybridized carbons (Fsp3) is 0.316. The molecule has 8 heteroatoms. The molecule has 0 unspecified atom stereocenters. The van der Waals surface area contributed by atoms with Crippen LogP contribution in [0.3, 0.4) is 0 Å². The second-order valence-corrected chi connectivity index (χ2v) is 9.07. The van der Waals surface area contributed by atoms with Crippen molar-refractivity contribution in [3.63, 3.8) is 0 Å². The first-order valence-electron chi connectivity index (χ1n) is 8.63. The summed E-state index contributed by atoms with van der Waals surface area (Å²) in [5.41, 5.74) is 0.350.